The van der Waals surface area contributed by atoms with Crippen LogP contribution in [0.3, 0.4) is 0 Å². The van der Waals surface area contributed by atoms with E-state index in [1.54, 1.807) is 0 Å². The molecule has 1 aliphatic heterocycles. The molecule has 1 saturated heterocycles. The molecule has 1 aliphatic carbocycles. The minimum atomic E-state index is 0.253. The van der Waals surface area contributed by atoms with Gasteiger partial charge in [-0.3, -0.25) is 4.79 Å². The van der Waals surface area contributed by atoms with Gasteiger partial charge in [-0.2, -0.15) is 0 Å². The van der Waals surface area contributed by atoms with E-state index < -0.39 is 0 Å². The van der Waals surface area contributed by atoms with Crippen LogP contribution < -0.4 is 5.73 Å². The van der Waals surface area contributed by atoms with Crippen LogP contribution in [0, 0.1) is 17.3 Å². The molecule has 0 aromatic rings. The van der Waals surface area contributed by atoms with Crippen molar-refractivity contribution in [2.24, 2.45) is 23.0 Å². The third-order valence-electron chi connectivity index (χ3n) is 4.85. The van der Waals surface area contributed by atoms with Crippen LogP contribution in [-0.2, 0) is 4.79 Å². The summed E-state index contributed by atoms with van der Waals surface area (Å²) in [6, 6.07) is 0.329. The number of nitrogens with two attached hydrogens (primary N) is 1. The quantitative estimate of drug-likeness (QED) is 0.779. The van der Waals surface area contributed by atoms with E-state index >= 15 is 0 Å². The molecule has 1 unspecified atom stereocenters. The fraction of sp³-hybridized carbons (Fsp3) is 0.933. The van der Waals surface area contributed by atoms with Gasteiger partial charge in [0.05, 0.1) is 0 Å². The Morgan fingerprint density at radius 2 is 1.72 bits per heavy atom. The molecule has 2 fully saturated rings. The van der Waals surface area contributed by atoms with E-state index in [1.807, 2.05) is 0 Å². The largest absolute Gasteiger partial charge is 0.342 e. The average molecular weight is 252 g/mol. The highest BCUT2D eigenvalue weighted by Gasteiger charge is 2.36. The number of carbonyl (C=O) groups excluding carboxylic acids is 1. The molecule has 2 aliphatic rings. The molecule has 1 saturated carbocycles. The molecule has 0 radical (unpaired) electrons. The molecule has 1 atom stereocenters. The number of nitrogens with zero attached hydrogens (tertiary/aromatic N) is 1. The molecule has 1 amide bonds. The normalized spacial score (nSPS) is 33.8. The maximum absolute atomic E-state index is 12.5. The van der Waals surface area contributed by atoms with Gasteiger partial charge in [0.2, 0.25) is 5.91 Å². The van der Waals surface area contributed by atoms with Gasteiger partial charge in [0.25, 0.3) is 0 Å². The van der Waals surface area contributed by atoms with Crippen molar-refractivity contribution in [3.8, 4) is 0 Å². The first-order valence-corrected chi connectivity index (χ1v) is 7.42. The summed E-state index contributed by atoms with van der Waals surface area (Å²) in [7, 11) is 0. The van der Waals surface area contributed by atoms with Crippen LogP contribution in [0.25, 0.3) is 0 Å². The smallest absolute Gasteiger partial charge is 0.225 e. The zero-order valence-electron chi connectivity index (χ0n) is 12.1. The summed E-state index contributed by atoms with van der Waals surface area (Å²) in [5.74, 6) is 1.31. The van der Waals surface area contributed by atoms with Crippen LogP contribution in [0.1, 0.15) is 52.9 Å². The van der Waals surface area contributed by atoms with Gasteiger partial charge in [-0.05, 0) is 43.4 Å². The summed E-state index contributed by atoms with van der Waals surface area (Å²) >= 11 is 0. The van der Waals surface area contributed by atoms with Gasteiger partial charge < -0.3 is 10.6 Å². The second kappa shape index (κ2) is 5.20. The van der Waals surface area contributed by atoms with Crippen molar-refractivity contribution < 1.29 is 4.79 Å². The van der Waals surface area contributed by atoms with Gasteiger partial charge in [0.1, 0.15) is 0 Å². The monoisotopic (exact) mass is 252 g/mol. The molecule has 0 aromatic heterocycles. The lowest BCUT2D eigenvalue weighted by molar-refractivity contribution is -0.135. The van der Waals surface area contributed by atoms with Crippen LogP contribution in [0.2, 0.25) is 0 Å². The summed E-state index contributed by atoms with van der Waals surface area (Å²) in [5, 5.41) is 0. The third kappa shape index (κ3) is 3.05. The fourth-order valence-electron chi connectivity index (χ4n) is 3.29. The first-order chi connectivity index (χ1) is 8.38. The van der Waals surface area contributed by atoms with E-state index in [2.05, 4.69) is 25.7 Å². The molecule has 0 bridgehead atoms. The second-order valence-corrected chi connectivity index (χ2v) is 7.25. The zero-order valence-corrected chi connectivity index (χ0v) is 12.1. The summed E-state index contributed by atoms with van der Waals surface area (Å²) in [4.78, 5) is 14.6. The Balaban J connectivity index is 1.88. The number of hydrogen-bond acceptors (Lipinski definition) is 2. The topological polar surface area (TPSA) is 46.3 Å². The van der Waals surface area contributed by atoms with E-state index in [4.69, 9.17) is 5.73 Å². The van der Waals surface area contributed by atoms with E-state index in [0.29, 0.717) is 23.3 Å². The summed E-state index contributed by atoms with van der Waals surface area (Å²) < 4.78 is 0. The van der Waals surface area contributed by atoms with Crippen molar-refractivity contribution in [2.45, 2.75) is 58.9 Å². The number of likely N-dealkylation sites (tertiary alicyclic amines) is 1. The Hall–Kier alpha value is -0.570. The zero-order chi connectivity index (χ0) is 13.3. The average Bonchev–Trinajstić information content (AvgIpc) is 2.78. The number of amides is 1. The first-order valence-electron chi connectivity index (χ1n) is 7.42. The minimum absolute atomic E-state index is 0.253. The van der Waals surface area contributed by atoms with Gasteiger partial charge in [-0.25, -0.2) is 0 Å². The molecular weight excluding hydrogens is 224 g/mol. The van der Waals surface area contributed by atoms with E-state index in [0.717, 1.165) is 38.8 Å². The Morgan fingerprint density at radius 1 is 1.11 bits per heavy atom. The highest BCUT2D eigenvalue weighted by atomic mass is 16.2. The van der Waals surface area contributed by atoms with Crippen LogP contribution in [0.4, 0.5) is 0 Å². The molecule has 3 nitrogen and oxygen atoms in total. The first kappa shape index (κ1) is 13.9. The predicted octanol–water partition coefficient (Wildman–Crippen LogP) is 2.40. The van der Waals surface area contributed by atoms with Crippen molar-refractivity contribution in [1.29, 1.82) is 0 Å². The highest BCUT2D eigenvalue weighted by molar-refractivity contribution is 5.79. The molecule has 104 valence electrons. The summed E-state index contributed by atoms with van der Waals surface area (Å²) in [5.41, 5.74) is 6.23. The molecule has 2 rings (SSSR count). The highest BCUT2D eigenvalue weighted by Crippen LogP contribution is 2.35. The van der Waals surface area contributed by atoms with E-state index in [-0.39, 0.29) is 5.92 Å². The summed E-state index contributed by atoms with van der Waals surface area (Å²) in [6.07, 6.45) is 5.20. The second-order valence-electron chi connectivity index (χ2n) is 7.25. The molecule has 2 N–H and O–H groups in total. The van der Waals surface area contributed by atoms with Gasteiger partial charge in [-0.15, -0.1) is 0 Å². The molecule has 3 heteroatoms. The van der Waals surface area contributed by atoms with Crippen molar-refractivity contribution in [3.63, 3.8) is 0 Å². The Bertz CT molecular complexity index is 300. The fourth-order valence-corrected chi connectivity index (χ4v) is 3.29. The van der Waals surface area contributed by atoms with Crippen molar-refractivity contribution in [1.82, 2.24) is 4.90 Å². The molecule has 1 heterocycles. The van der Waals surface area contributed by atoms with Crippen molar-refractivity contribution in [2.75, 3.05) is 13.1 Å². The lowest BCUT2D eigenvalue weighted by Gasteiger charge is -2.30. The van der Waals surface area contributed by atoms with Gasteiger partial charge in [0.15, 0.2) is 0 Å². The molecular formula is C15H28N2O. The van der Waals surface area contributed by atoms with Crippen LogP contribution >= 0.6 is 0 Å². The van der Waals surface area contributed by atoms with Crippen LogP contribution in [0.15, 0.2) is 0 Å². The maximum atomic E-state index is 12.5. The van der Waals surface area contributed by atoms with Crippen molar-refractivity contribution >= 4 is 5.91 Å². The Labute approximate surface area is 111 Å². The van der Waals surface area contributed by atoms with Gasteiger partial charge in [-0.1, -0.05) is 20.8 Å². The Kier molecular flexibility index (Phi) is 4.00. The minimum Gasteiger partial charge on any atom is -0.342 e. The molecule has 0 spiro atoms. The van der Waals surface area contributed by atoms with E-state index in [1.165, 1.54) is 6.42 Å². The Morgan fingerprint density at radius 3 is 2.22 bits per heavy atom. The standard InChI is InChI=1S/C15H28N2O/c1-15(2,3)12-8-9-17(10-12)14(18)11-4-6-13(16)7-5-11/h11-13H,4-10,16H2,1-3H3. The lowest BCUT2D eigenvalue weighted by atomic mass is 9.80. The molecule has 18 heavy (non-hydrogen) atoms. The third-order valence-corrected chi connectivity index (χ3v) is 4.85. The van der Waals surface area contributed by atoms with Crippen LogP contribution in [-0.4, -0.2) is 29.9 Å². The van der Waals surface area contributed by atoms with Gasteiger partial charge in [0, 0.05) is 25.0 Å². The lowest BCUT2D eigenvalue weighted by Crippen LogP contribution is -2.39. The number of hydrogen-bond donors (Lipinski definition) is 1. The molecule has 0 aromatic carbocycles. The predicted molar refractivity (Wildman–Crippen MR) is 74.1 cm³/mol. The number of carbonyl (C=O) groups is 1. The SMILES string of the molecule is CC(C)(C)C1CCN(C(=O)C2CCC(N)CC2)C1. The van der Waals surface area contributed by atoms with Crippen LogP contribution in [0.5, 0.6) is 0 Å². The van der Waals surface area contributed by atoms with Crippen molar-refractivity contribution in [3.05, 3.63) is 0 Å². The van der Waals surface area contributed by atoms with Gasteiger partial charge >= 0.3 is 0 Å². The maximum Gasteiger partial charge on any atom is 0.225 e. The van der Waals surface area contributed by atoms with E-state index in [9.17, 15) is 4.79 Å². The number of rotatable bonds is 1. The summed E-state index contributed by atoms with van der Waals surface area (Å²) in [6.45, 7) is 8.77.